The number of amides is 2. The maximum atomic E-state index is 12.5. The minimum atomic E-state index is -5.37. The molecule has 2 aromatic rings. The molecule has 0 bridgehead atoms. The number of aliphatic hydroxyl groups excluding tert-OH is 3. The highest BCUT2D eigenvalue weighted by Crippen LogP contribution is 2.61. The van der Waals surface area contributed by atoms with Gasteiger partial charge in [0.2, 0.25) is 11.8 Å². The average molecular weight is 786 g/mol. The number of nitrogens with one attached hydrogen (secondary N) is 2. The topological polar surface area (TPSA) is 317 Å². The number of thioether (sulfide) groups is 1. The zero-order valence-corrected chi connectivity index (χ0v) is 30.8. The van der Waals surface area contributed by atoms with Crippen molar-refractivity contribution in [1.29, 1.82) is 0 Å². The Bertz CT molecular complexity index is 1600. The van der Waals surface area contributed by atoms with Crippen LogP contribution < -0.4 is 16.4 Å². The summed E-state index contributed by atoms with van der Waals surface area (Å²) in [6, 6.07) is 0. The fraction of sp³-hybridized carbons (Fsp3) is 0.704. The van der Waals surface area contributed by atoms with Crippen LogP contribution in [0.5, 0.6) is 0 Å². The molecule has 7 atom stereocenters. The normalized spacial score (nSPS) is 22.3. The van der Waals surface area contributed by atoms with Gasteiger partial charge in [-0.3, -0.25) is 28.0 Å². The van der Waals surface area contributed by atoms with Gasteiger partial charge in [-0.25, -0.2) is 24.1 Å². The molecule has 2 aromatic heterocycles. The van der Waals surface area contributed by atoms with Gasteiger partial charge in [0.1, 0.15) is 36.3 Å². The summed E-state index contributed by atoms with van der Waals surface area (Å²) >= 11 is 1.14. The van der Waals surface area contributed by atoms with Crippen LogP contribution in [-0.2, 0) is 41.6 Å². The fourth-order valence-corrected chi connectivity index (χ4v) is 7.58. The van der Waals surface area contributed by atoms with Gasteiger partial charge in [-0.05, 0) is 6.42 Å². The number of nitrogens with two attached hydrogens (primary N) is 1. The molecule has 2 unspecified atom stereocenters. The van der Waals surface area contributed by atoms with E-state index in [2.05, 4.69) is 29.9 Å². The molecule has 3 heterocycles. The van der Waals surface area contributed by atoms with Crippen LogP contribution in [0.3, 0.4) is 0 Å². The predicted molar refractivity (Wildman–Crippen MR) is 180 cm³/mol. The Kier molecular flexibility index (Phi) is 15.9. The van der Waals surface area contributed by atoms with Crippen LogP contribution in [0.4, 0.5) is 5.82 Å². The summed E-state index contributed by atoms with van der Waals surface area (Å²) in [5.74, 6) is -0.858. The monoisotopic (exact) mass is 785 g/mol. The number of rotatable bonds is 21. The number of fused-ring (bicyclic) bond motifs is 1. The Morgan fingerprint density at radius 3 is 2.47 bits per heavy atom. The van der Waals surface area contributed by atoms with E-state index in [0.29, 0.717) is 12.2 Å². The summed E-state index contributed by atoms with van der Waals surface area (Å²) in [5, 5.41) is 36.5. The summed E-state index contributed by atoms with van der Waals surface area (Å²) < 4.78 is 45.6. The molecule has 0 radical (unpaired) electrons. The van der Waals surface area contributed by atoms with Crippen LogP contribution in [0.15, 0.2) is 12.7 Å². The number of nitrogens with zero attached hydrogens (tertiary/aromatic N) is 4. The van der Waals surface area contributed by atoms with Crippen LogP contribution in [0.1, 0.15) is 59.1 Å². The first-order valence-corrected chi connectivity index (χ1v) is 19.8. The Balaban J connectivity index is 1.40. The first-order valence-electron chi connectivity index (χ1n) is 15.9. The first-order chi connectivity index (χ1) is 23.9. The van der Waals surface area contributed by atoms with Gasteiger partial charge in [0.15, 0.2) is 22.8 Å². The lowest BCUT2D eigenvalue weighted by molar-refractivity contribution is -0.137. The number of ether oxygens (including phenoxy) is 1. The summed E-state index contributed by atoms with van der Waals surface area (Å²) in [4.78, 5) is 68.3. The molecule has 3 rings (SSSR count). The lowest BCUT2D eigenvalue weighted by atomic mass is 9.87. The van der Waals surface area contributed by atoms with E-state index in [0.717, 1.165) is 37.4 Å². The standard InChI is InChI=1S/C27H45N7O14P2S/c1-4-5-6-7-18(36)51-11-10-29-17(35)8-9-30-25(40)22(39)27(2,3)13-46-50(43,44)48-49(41,42)45-12-16-20(37)21(38)26(47-16)34-15-33-19-23(28)31-14-32-24(19)34/h14-16,20-22,26,37-39H,4-13H2,1-3H3,(H,29,35)(H,30,40)(H,41,42)(H,43,44)(H2,28,31,32)/t16-,20-,21-,22+,26-/m1/s1. The van der Waals surface area contributed by atoms with Crippen LogP contribution in [0, 0.1) is 5.41 Å². The van der Waals surface area contributed by atoms with Gasteiger partial charge in [0, 0.05) is 37.1 Å². The Labute approximate surface area is 297 Å². The zero-order valence-electron chi connectivity index (χ0n) is 28.2. The molecule has 0 aliphatic carbocycles. The Morgan fingerprint density at radius 1 is 1.06 bits per heavy atom. The highest BCUT2D eigenvalue weighted by molar-refractivity contribution is 8.13. The minimum absolute atomic E-state index is 0.0494. The molecule has 9 N–H and O–H groups in total. The second-order valence-corrected chi connectivity index (χ2v) is 16.4. The third-order valence-electron chi connectivity index (χ3n) is 7.52. The Hall–Kier alpha value is -2.59. The average Bonchev–Trinajstić information content (AvgIpc) is 3.61. The smallest absolute Gasteiger partial charge is 0.387 e. The van der Waals surface area contributed by atoms with Crippen molar-refractivity contribution >= 4 is 61.3 Å². The number of hydrogen-bond acceptors (Lipinski definition) is 17. The quantitative estimate of drug-likeness (QED) is 0.0616. The molecule has 0 aromatic carbocycles. The van der Waals surface area contributed by atoms with Crippen molar-refractivity contribution in [1.82, 2.24) is 30.2 Å². The number of anilines is 1. The number of unbranched alkanes of at least 4 members (excludes halogenated alkanes) is 2. The number of aliphatic hydroxyl groups is 3. The minimum Gasteiger partial charge on any atom is -0.387 e. The van der Waals surface area contributed by atoms with Crippen molar-refractivity contribution in [3.63, 3.8) is 0 Å². The number of phosphoric ester groups is 2. The maximum absolute atomic E-state index is 12.5. The molecule has 2 amide bonds. The molecule has 1 aliphatic rings. The lowest BCUT2D eigenvalue weighted by Crippen LogP contribution is -2.46. The van der Waals surface area contributed by atoms with Crippen molar-refractivity contribution in [2.45, 2.75) is 83.5 Å². The maximum Gasteiger partial charge on any atom is 0.481 e. The summed E-state index contributed by atoms with van der Waals surface area (Å²) in [7, 11) is -10.7. The first kappa shape index (κ1) is 42.8. The van der Waals surface area contributed by atoms with Crippen LogP contribution in [0.25, 0.3) is 11.2 Å². The second kappa shape index (κ2) is 18.9. The molecule has 1 aliphatic heterocycles. The van der Waals surface area contributed by atoms with E-state index in [9.17, 15) is 48.6 Å². The van der Waals surface area contributed by atoms with Crippen molar-refractivity contribution in [2.24, 2.45) is 5.41 Å². The van der Waals surface area contributed by atoms with Crippen molar-refractivity contribution in [3.8, 4) is 0 Å². The zero-order chi connectivity index (χ0) is 38.0. The van der Waals surface area contributed by atoms with Crippen molar-refractivity contribution in [2.75, 3.05) is 37.8 Å². The van der Waals surface area contributed by atoms with E-state index in [1.807, 2.05) is 6.92 Å². The number of phosphoric acid groups is 2. The number of hydrogen-bond donors (Lipinski definition) is 8. The van der Waals surface area contributed by atoms with E-state index in [1.54, 1.807) is 0 Å². The summed E-state index contributed by atoms with van der Waals surface area (Å²) in [5.41, 5.74) is 4.57. The van der Waals surface area contributed by atoms with Gasteiger partial charge in [-0.15, -0.1) is 0 Å². The highest BCUT2D eigenvalue weighted by Gasteiger charge is 2.46. The summed E-state index contributed by atoms with van der Waals surface area (Å²) in [6.07, 6.45) is -2.23. The van der Waals surface area contributed by atoms with Gasteiger partial charge in [0.05, 0.1) is 19.5 Å². The number of carbonyl (C=O) groups is 3. The van der Waals surface area contributed by atoms with E-state index in [1.165, 1.54) is 24.7 Å². The van der Waals surface area contributed by atoms with E-state index in [4.69, 9.17) is 19.5 Å². The van der Waals surface area contributed by atoms with Gasteiger partial charge in [-0.1, -0.05) is 45.4 Å². The third-order valence-corrected chi connectivity index (χ3v) is 11.0. The molecule has 1 saturated heterocycles. The van der Waals surface area contributed by atoms with Crippen LogP contribution in [0.2, 0.25) is 0 Å². The van der Waals surface area contributed by atoms with Crippen molar-refractivity contribution in [3.05, 3.63) is 12.7 Å². The van der Waals surface area contributed by atoms with Crippen molar-refractivity contribution < 1.29 is 66.7 Å². The van der Waals surface area contributed by atoms with Crippen LogP contribution >= 0.6 is 27.4 Å². The number of nitrogen functional groups attached to an aromatic ring is 1. The predicted octanol–water partition coefficient (Wildman–Crippen LogP) is 0.128. The Morgan fingerprint density at radius 2 is 1.76 bits per heavy atom. The molecule has 24 heteroatoms. The lowest BCUT2D eigenvalue weighted by Gasteiger charge is -2.30. The van der Waals surface area contributed by atoms with E-state index < -0.39 is 76.7 Å². The third kappa shape index (κ3) is 12.8. The van der Waals surface area contributed by atoms with E-state index in [-0.39, 0.29) is 41.6 Å². The molecule has 1 fully saturated rings. The van der Waals surface area contributed by atoms with E-state index >= 15 is 0 Å². The molecule has 51 heavy (non-hydrogen) atoms. The number of imidazole rings is 1. The molecule has 0 saturated carbocycles. The SMILES string of the molecule is CCCCCC(=O)SCCNC(=O)CCNC(=O)[C@H](O)C(C)(C)COP(=O)(O)OP(=O)(O)OC[C@H]1O[C@@H](n2cnc3c(N)ncnc32)[C@H](O)[C@@H]1O. The molecule has 0 spiro atoms. The second-order valence-electron chi connectivity index (χ2n) is 12.2. The summed E-state index contributed by atoms with van der Waals surface area (Å²) in [6.45, 7) is 3.03. The molecular formula is C27H45N7O14P2S. The van der Waals surface area contributed by atoms with Gasteiger partial charge in [0.25, 0.3) is 0 Å². The molecule has 21 nitrogen and oxygen atoms in total. The molecular weight excluding hydrogens is 740 g/mol. The number of aromatic nitrogens is 4. The van der Waals surface area contributed by atoms with Gasteiger partial charge in [-0.2, -0.15) is 4.31 Å². The van der Waals surface area contributed by atoms with Gasteiger partial charge < -0.3 is 46.2 Å². The van der Waals surface area contributed by atoms with Gasteiger partial charge >= 0.3 is 15.6 Å². The largest absolute Gasteiger partial charge is 0.481 e. The fourth-order valence-electron chi connectivity index (χ4n) is 4.61. The highest BCUT2D eigenvalue weighted by atomic mass is 32.2. The van der Waals surface area contributed by atoms with Crippen LogP contribution in [-0.4, -0.2) is 118 Å². The molecule has 288 valence electrons. The number of carbonyl (C=O) groups excluding carboxylic acids is 3.